The van der Waals surface area contributed by atoms with Crippen LogP contribution in [0.25, 0.3) is 89.7 Å². The Hall–Kier alpha value is -13.6. The van der Waals surface area contributed by atoms with Gasteiger partial charge in [-0.15, -0.1) is 0 Å². The normalized spacial score (nSPS) is 11.4. The first-order valence-electron chi connectivity index (χ1n) is 32.6. The van der Waals surface area contributed by atoms with E-state index in [-0.39, 0.29) is 0 Å². The zero-order valence-electron chi connectivity index (χ0n) is 53.5. The molecule has 0 unspecified atom stereocenters. The molecule has 0 radical (unpaired) electrons. The van der Waals surface area contributed by atoms with Crippen LogP contribution < -0.4 is 37.9 Å². The van der Waals surface area contributed by atoms with E-state index in [2.05, 4.69) is 9.97 Å². The summed E-state index contributed by atoms with van der Waals surface area (Å²) in [5.41, 5.74) is 8.97. The average molecular weight is 1310 g/mol. The number of fused-ring (bicyclic) bond motifs is 20. The predicted octanol–water partition coefficient (Wildman–Crippen LogP) is 20.4. The van der Waals surface area contributed by atoms with Crippen molar-refractivity contribution in [2.24, 2.45) is 0 Å². The van der Waals surface area contributed by atoms with Gasteiger partial charge in [-0.2, -0.15) is 0 Å². The van der Waals surface area contributed by atoms with E-state index < -0.39 is 0 Å². The third-order valence-electron chi connectivity index (χ3n) is 16.9. The summed E-state index contributed by atoms with van der Waals surface area (Å²) in [5.74, 6) is 9.10. The van der Waals surface area contributed by atoms with Gasteiger partial charge < -0.3 is 47.9 Å². The third-order valence-corrected chi connectivity index (χ3v) is 16.9. The highest BCUT2D eigenvalue weighted by Gasteiger charge is 2.25. The van der Waals surface area contributed by atoms with Crippen LogP contribution in [0.4, 0.5) is 0 Å². The van der Waals surface area contributed by atoms with Crippen molar-refractivity contribution in [3.8, 4) is 115 Å². The quantitative estimate of drug-likeness (QED) is 0.0735. The van der Waals surface area contributed by atoms with Crippen LogP contribution in [0.15, 0.2) is 291 Å². The lowest BCUT2D eigenvalue weighted by Gasteiger charge is -2.10. The molecule has 482 valence electrons. The van der Waals surface area contributed by atoms with Crippen molar-refractivity contribution in [3.63, 3.8) is 0 Å². The second-order valence-electron chi connectivity index (χ2n) is 23.8. The highest BCUT2D eigenvalue weighted by molar-refractivity contribution is 6.07. The van der Waals surface area contributed by atoms with Crippen molar-refractivity contribution in [1.29, 1.82) is 0 Å². The minimum absolute atomic E-state index is 0.377. The molecule has 15 aromatic rings. The van der Waals surface area contributed by atoms with E-state index in [0.717, 1.165) is 33.0 Å². The van der Waals surface area contributed by atoms with Crippen LogP contribution in [0.3, 0.4) is 0 Å². The topological polar surface area (TPSA) is 183 Å². The van der Waals surface area contributed by atoms with E-state index in [1.165, 1.54) is 0 Å². The first-order valence-corrected chi connectivity index (χ1v) is 32.6. The Balaban J connectivity index is 0.781. The summed E-state index contributed by atoms with van der Waals surface area (Å²) < 4.78 is 50.7. The number of aromatic amines is 2. The SMILES string of the molecule is c1ccc(COc2ccc(Oc3ccc4c(c3)-c3nc-4nc4[nH]c(nc5nc(nc6[nH]c(n3)c3ccc(Oc7ccc(OCc8ccccc8)cc7)cc63)-c3ccc(Oc6ccc(OCc7ccccc7)cc6)cc3-5)c3ccc(Oc5ccc(OCc6ccccc6)cc5)cc43)cc2)cc1. The van der Waals surface area contributed by atoms with Gasteiger partial charge in [-0.05, 0) is 192 Å². The molecule has 2 aliphatic heterocycles. The molecule has 3 aromatic heterocycles. The zero-order chi connectivity index (χ0) is 66.6. The summed E-state index contributed by atoms with van der Waals surface area (Å²) in [5, 5.41) is 2.90. The minimum atomic E-state index is 0.377. The van der Waals surface area contributed by atoms with Crippen LogP contribution in [0.2, 0.25) is 0 Å². The van der Waals surface area contributed by atoms with Crippen LogP contribution in [-0.2, 0) is 26.4 Å². The summed E-state index contributed by atoms with van der Waals surface area (Å²) >= 11 is 0. The fourth-order valence-corrected chi connectivity index (χ4v) is 11.9. The Labute approximate surface area is 573 Å². The lowest BCUT2D eigenvalue weighted by Crippen LogP contribution is -1.94. The number of H-pyrrole nitrogens is 2. The maximum absolute atomic E-state index is 6.58. The van der Waals surface area contributed by atoms with E-state index in [1.54, 1.807) is 0 Å². The average Bonchev–Trinajstić information content (AvgIpc) is 1.60. The molecule has 16 nitrogen and oxygen atoms in total. The van der Waals surface area contributed by atoms with Gasteiger partial charge in [0.05, 0.1) is 0 Å². The molecule has 0 spiro atoms. The van der Waals surface area contributed by atoms with E-state index in [1.807, 2.05) is 291 Å². The summed E-state index contributed by atoms with van der Waals surface area (Å²) in [6.07, 6.45) is 0. The number of rotatable bonds is 20. The molecule has 17 rings (SSSR count). The lowest BCUT2D eigenvalue weighted by atomic mass is 10.1. The van der Waals surface area contributed by atoms with E-state index in [4.69, 9.17) is 67.8 Å². The minimum Gasteiger partial charge on any atom is -0.489 e. The summed E-state index contributed by atoms with van der Waals surface area (Å²) in [6, 6.07) is 93.7. The number of hydrogen-bond donors (Lipinski definition) is 2. The van der Waals surface area contributed by atoms with E-state index in [9.17, 15) is 0 Å². The van der Waals surface area contributed by atoms with Crippen molar-refractivity contribution in [2.75, 3.05) is 0 Å². The van der Waals surface area contributed by atoms with Crippen LogP contribution >= 0.6 is 0 Å². The number of ether oxygens (including phenoxy) is 8. The molecule has 100 heavy (non-hydrogen) atoms. The van der Waals surface area contributed by atoms with Gasteiger partial charge in [0.15, 0.2) is 23.3 Å². The van der Waals surface area contributed by atoms with Gasteiger partial charge in [0.2, 0.25) is 0 Å². The monoisotopic (exact) mass is 1310 g/mol. The highest BCUT2D eigenvalue weighted by atomic mass is 16.5. The van der Waals surface area contributed by atoms with Gasteiger partial charge in [0.25, 0.3) is 0 Å². The first-order chi connectivity index (χ1) is 49.4. The largest absolute Gasteiger partial charge is 0.489 e. The van der Waals surface area contributed by atoms with Gasteiger partial charge in [-0.25, -0.2) is 29.9 Å². The molecule has 5 heterocycles. The Kier molecular flexibility index (Phi) is 16.2. The molecule has 0 amide bonds. The van der Waals surface area contributed by atoms with Crippen LogP contribution in [0.1, 0.15) is 22.3 Å². The van der Waals surface area contributed by atoms with E-state index >= 15 is 0 Å². The Morgan fingerprint density at radius 2 is 0.440 bits per heavy atom. The molecular formula is C84H58N8O8. The molecule has 0 saturated heterocycles. The molecule has 0 atom stereocenters. The van der Waals surface area contributed by atoms with Gasteiger partial charge in [-0.3, -0.25) is 0 Å². The Morgan fingerprint density at radius 1 is 0.200 bits per heavy atom. The number of aromatic nitrogens is 8. The van der Waals surface area contributed by atoms with Crippen LogP contribution in [0, 0.1) is 0 Å². The summed E-state index contributed by atoms with van der Waals surface area (Å²) in [6.45, 7) is 1.76. The second kappa shape index (κ2) is 26.9. The fourth-order valence-electron chi connectivity index (χ4n) is 11.9. The number of hydrogen-bond acceptors (Lipinski definition) is 14. The zero-order valence-corrected chi connectivity index (χ0v) is 53.5. The predicted molar refractivity (Wildman–Crippen MR) is 385 cm³/mol. The molecule has 0 fully saturated rings. The Morgan fingerprint density at radius 3 is 0.740 bits per heavy atom. The Bertz CT molecular complexity index is 5300. The summed E-state index contributed by atoms with van der Waals surface area (Å²) in [7, 11) is 0. The number of nitrogens with zero attached hydrogens (tertiary/aromatic N) is 6. The number of nitrogens with one attached hydrogen (secondary N) is 2. The van der Waals surface area contributed by atoms with Gasteiger partial charge in [0.1, 0.15) is 118 Å². The maximum Gasteiger partial charge on any atom is 0.164 e. The highest BCUT2D eigenvalue weighted by Crippen LogP contribution is 2.42. The van der Waals surface area contributed by atoms with Crippen molar-refractivity contribution in [1.82, 2.24) is 39.9 Å². The second-order valence-corrected chi connectivity index (χ2v) is 23.8. The first kappa shape index (κ1) is 60.1. The molecule has 12 aromatic carbocycles. The molecule has 2 N–H and O–H groups in total. The van der Waals surface area contributed by atoms with E-state index in [0.29, 0.717) is 174 Å². The lowest BCUT2D eigenvalue weighted by molar-refractivity contribution is 0.305. The van der Waals surface area contributed by atoms with Gasteiger partial charge in [-0.1, -0.05) is 121 Å². The smallest absolute Gasteiger partial charge is 0.164 e. The molecule has 16 heteroatoms. The fraction of sp³-hybridized carbons (Fsp3) is 0.0476. The standard InChI is InChI=1S/C84H58N8O8/c1-5-13-53(14-6-1)49-93-57-21-29-61(30-22-57)97-65-37-41-69-73(45-65)81-85-77(69)90-82-75-47-67(99-63-33-25-59(26-34-63)95-51-55-17-9-3-10-18-55)39-43-71(75)79(87-82)92-84-76-48-68(100-64-35-27-60(28-36-64)96-52-56-19-11-4-12-20-56)40-44-72(76)80(88-84)91-83-74-46-66(38-42-70(74)78(86-83)89-81)98-62-31-23-58(24-32-62)94-50-54-15-7-2-8-16-54/h1-48H,49-52H2,(H2,85,86,87,88,89,90,91,92). The molecular weight excluding hydrogens is 1250 g/mol. The maximum atomic E-state index is 6.58. The third kappa shape index (κ3) is 13.3. The molecule has 2 aliphatic rings. The molecule has 8 bridgehead atoms. The molecule has 0 saturated carbocycles. The van der Waals surface area contributed by atoms with Crippen LogP contribution in [-0.4, -0.2) is 39.9 Å². The van der Waals surface area contributed by atoms with Crippen molar-refractivity contribution >= 4 is 44.1 Å². The number of benzene rings is 12. The van der Waals surface area contributed by atoms with Crippen molar-refractivity contribution < 1.29 is 37.9 Å². The van der Waals surface area contributed by atoms with Gasteiger partial charge >= 0.3 is 0 Å². The molecule has 0 aliphatic carbocycles. The van der Waals surface area contributed by atoms with Crippen molar-refractivity contribution in [3.05, 3.63) is 313 Å². The van der Waals surface area contributed by atoms with Gasteiger partial charge in [0, 0.05) is 43.8 Å². The van der Waals surface area contributed by atoms with Crippen LogP contribution in [0.5, 0.6) is 69.0 Å². The van der Waals surface area contributed by atoms with Crippen molar-refractivity contribution in [2.45, 2.75) is 26.4 Å². The summed E-state index contributed by atoms with van der Waals surface area (Å²) in [4.78, 5) is 39.2.